The minimum absolute atomic E-state index is 0. The first-order chi connectivity index (χ1) is 12.6. The van der Waals surface area contributed by atoms with E-state index in [4.69, 9.17) is 0 Å². The minimum atomic E-state index is 0. The zero-order chi connectivity index (χ0) is 18.4. The number of hydrogen-bond donors (Lipinski definition) is 2. The fourth-order valence-corrected chi connectivity index (χ4v) is 4.66. The first-order valence-electron chi connectivity index (χ1n) is 10.7. The quantitative estimate of drug-likeness (QED) is 0.762. The first kappa shape index (κ1) is 22.3. The SMILES string of the molecule is CC(CC(=O)N1CCN(C(=O)NC2CCCCC2)CC1)C1CCNCC1.Cl. The molecule has 0 aromatic rings. The van der Waals surface area contributed by atoms with Crippen LogP contribution in [0.1, 0.15) is 58.3 Å². The molecule has 3 rings (SSSR count). The molecule has 2 saturated heterocycles. The van der Waals surface area contributed by atoms with Crippen molar-refractivity contribution in [3.63, 3.8) is 0 Å². The Kier molecular flexibility index (Phi) is 9.16. The summed E-state index contributed by atoms with van der Waals surface area (Å²) in [5.74, 6) is 1.39. The summed E-state index contributed by atoms with van der Waals surface area (Å²) in [6.07, 6.45) is 8.98. The molecular formula is C20H37ClN4O2. The first-order valence-corrected chi connectivity index (χ1v) is 10.7. The molecule has 0 bridgehead atoms. The third-order valence-electron chi connectivity index (χ3n) is 6.54. The molecule has 0 aromatic carbocycles. The predicted octanol–water partition coefficient (Wildman–Crippen LogP) is 2.62. The number of carbonyl (C=O) groups excluding carboxylic acids is 2. The number of amides is 3. The summed E-state index contributed by atoms with van der Waals surface area (Å²) in [5, 5.41) is 6.58. The van der Waals surface area contributed by atoms with Gasteiger partial charge in [-0.15, -0.1) is 12.4 Å². The number of nitrogens with one attached hydrogen (secondary N) is 2. The second kappa shape index (κ2) is 11.1. The summed E-state index contributed by atoms with van der Waals surface area (Å²) in [5.41, 5.74) is 0. The molecular weight excluding hydrogens is 364 g/mol. The normalized spacial score (nSPS) is 23.4. The van der Waals surface area contributed by atoms with Gasteiger partial charge in [-0.1, -0.05) is 26.2 Å². The van der Waals surface area contributed by atoms with Gasteiger partial charge in [-0.25, -0.2) is 4.79 Å². The van der Waals surface area contributed by atoms with Gasteiger partial charge in [-0.05, 0) is 50.6 Å². The summed E-state index contributed by atoms with van der Waals surface area (Å²) < 4.78 is 0. The van der Waals surface area contributed by atoms with Crippen molar-refractivity contribution in [1.29, 1.82) is 0 Å². The van der Waals surface area contributed by atoms with Gasteiger partial charge in [-0.3, -0.25) is 4.79 Å². The van der Waals surface area contributed by atoms with Crippen LogP contribution in [-0.2, 0) is 4.79 Å². The topological polar surface area (TPSA) is 64.7 Å². The highest BCUT2D eigenvalue weighted by Gasteiger charge is 2.28. The summed E-state index contributed by atoms with van der Waals surface area (Å²) >= 11 is 0. The number of halogens is 1. The van der Waals surface area contributed by atoms with E-state index in [2.05, 4.69) is 17.6 Å². The van der Waals surface area contributed by atoms with Gasteiger partial charge in [0.25, 0.3) is 0 Å². The van der Waals surface area contributed by atoms with Crippen molar-refractivity contribution >= 4 is 24.3 Å². The maximum atomic E-state index is 12.6. The van der Waals surface area contributed by atoms with E-state index in [1.807, 2.05) is 9.80 Å². The Morgan fingerprint density at radius 1 is 0.963 bits per heavy atom. The van der Waals surface area contributed by atoms with E-state index in [0.717, 1.165) is 25.9 Å². The van der Waals surface area contributed by atoms with Crippen LogP contribution in [0.25, 0.3) is 0 Å². The van der Waals surface area contributed by atoms with Gasteiger partial charge in [-0.2, -0.15) is 0 Å². The van der Waals surface area contributed by atoms with Crippen molar-refractivity contribution < 1.29 is 9.59 Å². The second-order valence-corrected chi connectivity index (χ2v) is 8.42. The molecule has 0 spiro atoms. The van der Waals surface area contributed by atoms with Crippen LogP contribution in [0.15, 0.2) is 0 Å². The van der Waals surface area contributed by atoms with E-state index in [9.17, 15) is 9.59 Å². The second-order valence-electron chi connectivity index (χ2n) is 8.42. The Balaban J connectivity index is 0.00000261. The third kappa shape index (κ3) is 6.53. The van der Waals surface area contributed by atoms with Crippen molar-refractivity contribution in [2.24, 2.45) is 11.8 Å². The molecule has 27 heavy (non-hydrogen) atoms. The average Bonchev–Trinajstić information content (AvgIpc) is 2.69. The van der Waals surface area contributed by atoms with Crippen LogP contribution in [0.2, 0.25) is 0 Å². The molecule has 156 valence electrons. The van der Waals surface area contributed by atoms with Crippen molar-refractivity contribution in [3.05, 3.63) is 0 Å². The smallest absolute Gasteiger partial charge is 0.317 e. The molecule has 2 aliphatic heterocycles. The highest BCUT2D eigenvalue weighted by atomic mass is 35.5. The van der Waals surface area contributed by atoms with Crippen LogP contribution in [0.3, 0.4) is 0 Å². The molecule has 0 aromatic heterocycles. The molecule has 1 unspecified atom stereocenters. The standard InChI is InChI=1S/C20H36N4O2.ClH/c1-16(17-7-9-21-10-8-17)15-19(25)23-11-13-24(14-12-23)20(26)22-18-5-3-2-4-6-18;/h16-18,21H,2-15H2,1H3,(H,22,26);1H. The van der Waals surface area contributed by atoms with E-state index in [0.29, 0.717) is 50.5 Å². The van der Waals surface area contributed by atoms with E-state index in [-0.39, 0.29) is 24.3 Å². The number of hydrogen-bond acceptors (Lipinski definition) is 3. The van der Waals surface area contributed by atoms with Crippen molar-refractivity contribution in [3.8, 4) is 0 Å². The molecule has 1 atom stereocenters. The largest absolute Gasteiger partial charge is 0.339 e. The van der Waals surface area contributed by atoms with Crippen molar-refractivity contribution in [1.82, 2.24) is 20.4 Å². The molecule has 6 nitrogen and oxygen atoms in total. The average molecular weight is 401 g/mol. The zero-order valence-electron chi connectivity index (χ0n) is 16.8. The number of rotatable bonds is 4. The molecule has 0 radical (unpaired) electrons. The van der Waals surface area contributed by atoms with Crippen LogP contribution < -0.4 is 10.6 Å². The lowest BCUT2D eigenvalue weighted by atomic mass is 9.84. The number of urea groups is 1. The molecule has 2 N–H and O–H groups in total. The van der Waals surface area contributed by atoms with E-state index in [1.54, 1.807) is 0 Å². The monoisotopic (exact) mass is 400 g/mol. The van der Waals surface area contributed by atoms with Crippen LogP contribution in [0.5, 0.6) is 0 Å². The van der Waals surface area contributed by atoms with Gasteiger partial charge in [0.05, 0.1) is 0 Å². The lowest BCUT2D eigenvalue weighted by molar-refractivity contribution is -0.134. The minimum Gasteiger partial charge on any atom is -0.339 e. The number of piperidine rings is 1. The summed E-state index contributed by atoms with van der Waals surface area (Å²) in [6, 6.07) is 0.411. The summed E-state index contributed by atoms with van der Waals surface area (Å²) in [6.45, 7) is 7.06. The Hall–Kier alpha value is -1.01. The van der Waals surface area contributed by atoms with Gasteiger partial charge >= 0.3 is 6.03 Å². The lowest BCUT2D eigenvalue weighted by Crippen LogP contribution is -2.54. The molecule has 7 heteroatoms. The number of carbonyl (C=O) groups is 2. The molecule has 3 amide bonds. The summed E-state index contributed by atoms with van der Waals surface area (Å²) in [7, 11) is 0. The Morgan fingerprint density at radius 3 is 2.19 bits per heavy atom. The highest BCUT2D eigenvalue weighted by Crippen LogP contribution is 2.25. The van der Waals surface area contributed by atoms with Gasteiger partial charge < -0.3 is 20.4 Å². The van der Waals surface area contributed by atoms with Crippen molar-refractivity contribution in [2.75, 3.05) is 39.3 Å². The highest BCUT2D eigenvalue weighted by molar-refractivity contribution is 5.85. The maximum Gasteiger partial charge on any atom is 0.317 e. The molecule has 1 saturated carbocycles. The van der Waals surface area contributed by atoms with Crippen LogP contribution in [-0.4, -0.2) is 67.0 Å². The molecule has 2 heterocycles. The Morgan fingerprint density at radius 2 is 1.56 bits per heavy atom. The van der Waals surface area contributed by atoms with Gasteiger partial charge in [0.2, 0.25) is 5.91 Å². The summed E-state index contributed by atoms with van der Waals surface area (Å²) in [4.78, 5) is 28.9. The van der Waals surface area contributed by atoms with Crippen LogP contribution in [0.4, 0.5) is 4.79 Å². The maximum absolute atomic E-state index is 12.6. The Bertz CT molecular complexity index is 471. The van der Waals surface area contributed by atoms with Gasteiger partial charge in [0.15, 0.2) is 0 Å². The van der Waals surface area contributed by atoms with E-state index in [1.165, 1.54) is 32.1 Å². The lowest BCUT2D eigenvalue weighted by Gasteiger charge is -2.37. The van der Waals surface area contributed by atoms with E-state index < -0.39 is 0 Å². The zero-order valence-corrected chi connectivity index (χ0v) is 17.6. The molecule has 3 fully saturated rings. The van der Waals surface area contributed by atoms with E-state index >= 15 is 0 Å². The fraction of sp³-hybridized carbons (Fsp3) is 0.900. The number of piperazine rings is 1. The Labute approximate surface area is 170 Å². The third-order valence-corrected chi connectivity index (χ3v) is 6.54. The number of nitrogens with zero attached hydrogens (tertiary/aromatic N) is 2. The van der Waals surface area contributed by atoms with Gasteiger partial charge in [0.1, 0.15) is 0 Å². The van der Waals surface area contributed by atoms with Crippen molar-refractivity contribution in [2.45, 2.75) is 64.3 Å². The van der Waals surface area contributed by atoms with Crippen LogP contribution >= 0.6 is 12.4 Å². The fourth-order valence-electron chi connectivity index (χ4n) is 4.66. The molecule has 1 aliphatic carbocycles. The van der Waals surface area contributed by atoms with Crippen LogP contribution in [0, 0.1) is 11.8 Å². The van der Waals surface area contributed by atoms with Gasteiger partial charge in [0, 0.05) is 38.6 Å². The molecule has 3 aliphatic rings. The predicted molar refractivity (Wildman–Crippen MR) is 110 cm³/mol.